The average Bonchev–Trinajstić information content (AvgIpc) is 3.00. The zero-order valence-corrected chi connectivity index (χ0v) is 13.1. The van der Waals surface area contributed by atoms with Gasteiger partial charge in [-0.1, -0.05) is 54.1 Å². The van der Waals surface area contributed by atoms with Crippen molar-refractivity contribution in [2.24, 2.45) is 5.92 Å². The molecule has 2 aromatic carbocycles. The van der Waals surface area contributed by atoms with Gasteiger partial charge >= 0.3 is 0 Å². The summed E-state index contributed by atoms with van der Waals surface area (Å²) in [5.74, 6) is 0.827. The molecule has 0 N–H and O–H groups in total. The van der Waals surface area contributed by atoms with Gasteiger partial charge in [-0.25, -0.2) is 0 Å². The van der Waals surface area contributed by atoms with E-state index < -0.39 is 0 Å². The summed E-state index contributed by atoms with van der Waals surface area (Å²) in [6.07, 6.45) is 5.17. The van der Waals surface area contributed by atoms with E-state index in [0.29, 0.717) is 5.41 Å². The van der Waals surface area contributed by atoms with Crippen molar-refractivity contribution in [3.05, 3.63) is 76.4 Å². The lowest BCUT2D eigenvalue weighted by molar-refractivity contribution is 0.765. The van der Waals surface area contributed by atoms with Crippen LogP contribution in [0.25, 0.3) is 5.57 Å². The van der Waals surface area contributed by atoms with Crippen LogP contribution in [0.4, 0.5) is 0 Å². The Labute approximate surface area is 127 Å². The van der Waals surface area contributed by atoms with Crippen molar-refractivity contribution in [3.8, 4) is 0 Å². The topological polar surface area (TPSA) is 0 Å². The van der Waals surface area contributed by atoms with Gasteiger partial charge in [0.05, 0.1) is 0 Å². The monoisotopic (exact) mass is 274 g/mol. The zero-order chi connectivity index (χ0) is 14.6. The maximum absolute atomic E-state index is 2.58. The number of rotatable bonds is 2. The minimum absolute atomic E-state index is 0.340. The quantitative estimate of drug-likeness (QED) is 0.692. The lowest BCUT2D eigenvalue weighted by Gasteiger charge is -2.18. The van der Waals surface area contributed by atoms with E-state index in [1.165, 1.54) is 35.1 Å². The summed E-state index contributed by atoms with van der Waals surface area (Å²) in [5.41, 5.74) is 9.23. The average molecular weight is 274 g/mol. The molecular formula is C21H22. The van der Waals surface area contributed by atoms with Crippen molar-refractivity contribution in [2.45, 2.75) is 39.0 Å². The molecule has 0 aromatic heterocycles. The molecule has 0 heterocycles. The van der Waals surface area contributed by atoms with Crippen LogP contribution in [0, 0.1) is 26.7 Å². The van der Waals surface area contributed by atoms with E-state index in [-0.39, 0.29) is 0 Å². The van der Waals surface area contributed by atoms with Gasteiger partial charge in [0.2, 0.25) is 0 Å². The van der Waals surface area contributed by atoms with E-state index in [4.69, 9.17) is 0 Å². The Bertz CT molecular complexity index is 713. The van der Waals surface area contributed by atoms with Crippen LogP contribution in [0.2, 0.25) is 0 Å². The lowest BCUT2D eigenvalue weighted by atomic mass is 9.86. The van der Waals surface area contributed by atoms with Crippen molar-refractivity contribution >= 4 is 5.57 Å². The SMILES string of the molecule is Cc1cc(C)c([C@]23C=C(c4ccccc4)C[C@H]2C3)c(C)c1. The van der Waals surface area contributed by atoms with Gasteiger partial charge in [-0.05, 0) is 67.4 Å². The van der Waals surface area contributed by atoms with Gasteiger partial charge in [-0.2, -0.15) is 0 Å². The predicted octanol–water partition coefficient (Wildman–Crippen LogP) is 5.36. The molecule has 0 nitrogen and oxygen atoms in total. The van der Waals surface area contributed by atoms with Crippen molar-refractivity contribution in [1.29, 1.82) is 0 Å². The summed E-state index contributed by atoms with van der Waals surface area (Å²) < 4.78 is 0. The van der Waals surface area contributed by atoms with E-state index in [0.717, 1.165) is 5.92 Å². The van der Waals surface area contributed by atoms with Gasteiger partial charge in [0.15, 0.2) is 0 Å². The van der Waals surface area contributed by atoms with Crippen LogP contribution in [-0.2, 0) is 5.41 Å². The van der Waals surface area contributed by atoms with Crippen LogP contribution in [0.3, 0.4) is 0 Å². The normalized spacial score (nSPS) is 26.4. The van der Waals surface area contributed by atoms with E-state index in [2.05, 4.69) is 69.3 Å². The fraction of sp³-hybridized carbons (Fsp3) is 0.333. The standard InChI is InChI=1S/C21H22/c1-14-9-15(2)20(16(3)10-14)21-12-18(11-19(21)13-21)17-7-5-4-6-8-17/h4-10,12,19H,11,13H2,1-3H3/t19-,21-/m0/s1. The largest absolute Gasteiger partial charge is 0.0698 e. The molecule has 4 rings (SSSR count). The number of hydrogen-bond acceptors (Lipinski definition) is 0. The third-order valence-electron chi connectivity index (χ3n) is 5.34. The van der Waals surface area contributed by atoms with Gasteiger partial charge in [-0.3, -0.25) is 0 Å². The van der Waals surface area contributed by atoms with Crippen LogP contribution >= 0.6 is 0 Å². The van der Waals surface area contributed by atoms with Crippen molar-refractivity contribution in [3.63, 3.8) is 0 Å². The Kier molecular flexibility index (Phi) is 2.66. The number of allylic oxidation sites excluding steroid dienone is 2. The first kappa shape index (κ1) is 12.9. The summed E-state index contributed by atoms with van der Waals surface area (Å²) >= 11 is 0. The Morgan fingerprint density at radius 1 is 0.952 bits per heavy atom. The predicted molar refractivity (Wildman–Crippen MR) is 89.5 cm³/mol. The van der Waals surface area contributed by atoms with Crippen LogP contribution in [0.1, 0.15) is 40.7 Å². The maximum Gasteiger partial charge on any atom is 0.0178 e. The summed E-state index contributed by atoms with van der Waals surface area (Å²) in [6.45, 7) is 6.77. The molecule has 0 unspecified atom stereocenters. The molecule has 2 aliphatic carbocycles. The van der Waals surface area contributed by atoms with Crippen LogP contribution < -0.4 is 0 Å². The third-order valence-corrected chi connectivity index (χ3v) is 5.34. The summed E-state index contributed by atoms with van der Waals surface area (Å²) in [4.78, 5) is 0. The molecule has 0 spiro atoms. The minimum atomic E-state index is 0.340. The Balaban J connectivity index is 1.80. The molecule has 0 radical (unpaired) electrons. The highest BCUT2D eigenvalue weighted by Gasteiger charge is 2.58. The Hall–Kier alpha value is -1.82. The first-order valence-corrected chi connectivity index (χ1v) is 7.96. The molecule has 2 atom stereocenters. The Morgan fingerprint density at radius 3 is 2.29 bits per heavy atom. The van der Waals surface area contributed by atoms with Gasteiger partial charge in [0.25, 0.3) is 0 Å². The van der Waals surface area contributed by atoms with Crippen LogP contribution in [0.5, 0.6) is 0 Å². The molecule has 2 aliphatic rings. The highest BCUT2D eigenvalue weighted by Crippen LogP contribution is 2.65. The summed E-state index contributed by atoms with van der Waals surface area (Å²) in [6, 6.07) is 15.6. The number of fused-ring (bicyclic) bond motifs is 1. The van der Waals surface area contributed by atoms with Crippen LogP contribution in [0.15, 0.2) is 48.5 Å². The van der Waals surface area contributed by atoms with Gasteiger partial charge in [0.1, 0.15) is 0 Å². The third kappa shape index (κ3) is 1.89. The van der Waals surface area contributed by atoms with Gasteiger partial charge < -0.3 is 0 Å². The van der Waals surface area contributed by atoms with Gasteiger partial charge in [0, 0.05) is 5.41 Å². The van der Waals surface area contributed by atoms with E-state index in [1.807, 2.05) is 0 Å². The van der Waals surface area contributed by atoms with Gasteiger partial charge in [-0.15, -0.1) is 0 Å². The summed E-state index contributed by atoms with van der Waals surface area (Å²) in [7, 11) is 0. The summed E-state index contributed by atoms with van der Waals surface area (Å²) in [5, 5.41) is 0. The molecular weight excluding hydrogens is 252 g/mol. The number of hydrogen-bond donors (Lipinski definition) is 0. The second-order valence-electron chi connectivity index (χ2n) is 6.95. The number of aryl methyl sites for hydroxylation is 3. The molecule has 0 bridgehead atoms. The molecule has 0 saturated heterocycles. The smallest absolute Gasteiger partial charge is 0.0178 e. The molecule has 106 valence electrons. The molecule has 0 heteroatoms. The molecule has 0 amide bonds. The van der Waals surface area contributed by atoms with E-state index in [9.17, 15) is 0 Å². The van der Waals surface area contributed by atoms with E-state index in [1.54, 1.807) is 11.1 Å². The van der Waals surface area contributed by atoms with Crippen molar-refractivity contribution in [2.75, 3.05) is 0 Å². The minimum Gasteiger partial charge on any atom is -0.0698 e. The first-order chi connectivity index (χ1) is 10.1. The molecule has 1 fully saturated rings. The molecule has 0 aliphatic heterocycles. The fourth-order valence-corrected chi connectivity index (χ4v) is 4.56. The van der Waals surface area contributed by atoms with Crippen molar-refractivity contribution < 1.29 is 0 Å². The molecule has 2 aromatic rings. The molecule has 1 saturated carbocycles. The highest BCUT2D eigenvalue weighted by molar-refractivity contribution is 5.74. The fourth-order valence-electron chi connectivity index (χ4n) is 4.56. The first-order valence-electron chi connectivity index (χ1n) is 7.96. The zero-order valence-electron chi connectivity index (χ0n) is 13.1. The highest BCUT2D eigenvalue weighted by atomic mass is 14.6. The molecule has 21 heavy (non-hydrogen) atoms. The second kappa shape index (κ2) is 4.34. The van der Waals surface area contributed by atoms with Crippen molar-refractivity contribution in [1.82, 2.24) is 0 Å². The lowest BCUT2D eigenvalue weighted by Crippen LogP contribution is -2.09. The Morgan fingerprint density at radius 2 is 1.62 bits per heavy atom. The van der Waals surface area contributed by atoms with E-state index >= 15 is 0 Å². The second-order valence-corrected chi connectivity index (χ2v) is 6.95. The number of benzene rings is 2. The van der Waals surface area contributed by atoms with Crippen LogP contribution in [-0.4, -0.2) is 0 Å². The maximum atomic E-state index is 2.58.